The van der Waals surface area contributed by atoms with Crippen LogP contribution in [0.15, 0.2) is 24.3 Å². The van der Waals surface area contributed by atoms with Gasteiger partial charge in [-0.1, -0.05) is 11.3 Å². The molecule has 0 fully saturated rings. The standard InChI is InChI=1S/C14H18FN3S/c1-4-18(12-7-5-11(15)6-8-12)14-17-10(2)13(19-14)9-16-3/h5-8,16H,4,9H2,1-3H3. The number of aromatic nitrogens is 1. The first kappa shape index (κ1) is 14.0. The van der Waals surface area contributed by atoms with Crippen LogP contribution in [-0.2, 0) is 6.54 Å². The van der Waals surface area contributed by atoms with Crippen LogP contribution in [0.2, 0.25) is 0 Å². The van der Waals surface area contributed by atoms with Gasteiger partial charge in [0.05, 0.1) is 5.69 Å². The summed E-state index contributed by atoms with van der Waals surface area (Å²) in [6, 6.07) is 6.53. The zero-order valence-electron chi connectivity index (χ0n) is 11.4. The summed E-state index contributed by atoms with van der Waals surface area (Å²) in [5, 5.41) is 4.10. The molecule has 0 amide bonds. The van der Waals surface area contributed by atoms with E-state index in [0.29, 0.717) is 0 Å². The van der Waals surface area contributed by atoms with Crippen molar-refractivity contribution in [3.63, 3.8) is 0 Å². The molecule has 0 spiro atoms. The lowest BCUT2D eigenvalue weighted by atomic mass is 10.3. The number of anilines is 2. The molecule has 19 heavy (non-hydrogen) atoms. The largest absolute Gasteiger partial charge is 0.318 e. The van der Waals surface area contributed by atoms with Crippen LogP contribution in [0, 0.1) is 12.7 Å². The molecular weight excluding hydrogens is 261 g/mol. The lowest BCUT2D eigenvalue weighted by molar-refractivity contribution is 0.628. The van der Waals surface area contributed by atoms with Crippen molar-refractivity contribution in [2.24, 2.45) is 0 Å². The molecule has 0 aliphatic rings. The minimum atomic E-state index is -0.217. The van der Waals surface area contributed by atoms with Crippen molar-refractivity contribution in [2.45, 2.75) is 20.4 Å². The number of aryl methyl sites for hydroxylation is 1. The number of halogens is 1. The number of hydrogen-bond donors (Lipinski definition) is 1. The van der Waals surface area contributed by atoms with Gasteiger partial charge < -0.3 is 10.2 Å². The Morgan fingerprint density at radius 1 is 1.32 bits per heavy atom. The minimum Gasteiger partial charge on any atom is -0.318 e. The van der Waals surface area contributed by atoms with Crippen molar-refractivity contribution >= 4 is 22.2 Å². The molecule has 102 valence electrons. The third-order valence-electron chi connectivity index (χ3n) is 2.90. The normalized spacial score (nSPS) is 10.7. The molecule has 0 aliphatic carbocycles. The number of nitrogens with one attached hydrogen (secondary N) is 1. The van der Waals surface area contributed by atoms with E-state index < -0.39 is 0 Å². The summed E-state index contributed by atoms with van der Waals surface area (Å²) in [4.78, 5) is 7.94. The predicted octanol–water partition coefficient (Wildman–Crippen LogP) is 3.47. The Bertz CT molecular complexity index is 536. The summed E-state index contributed by atoms with van der Waals surface area (Å²) >= 11 is 1.67. The molecule has 1 heterocycles. The van der Waals surface area contributed by atoms with Crippen molar-refractivity contribution in [3.8, 4) is 0 Å². The Labute approximate surface area is 117 Å². The average Bonchev–Trinajstić information content (AvgIpc) is 2.75. The smallest absolute Gasteiger partial charge is 0.190 e. The fraction of sp³-hybridized carbons (Fsp3) is 0.357. The van der Waals surface area contributed by atoms with Gasteiger partial charge in [-0.2, -0.15) is 0 Å². The molecule has 0 atom stereocenters. The molecule has 0 radical (unpaired) electrons. The highest BCUT2D eigenvalue weighted by molar-refractivity contribution is 7.15. The molecule has 1 N–H and O–H groups in total. The van der Waals surface area contributed by atoms with Gasteiger partial charge in [-0.05, 0) is 45.2 Å². The fourth-order valence-electron chi connectivity index (χ4n) is 1.90. The van der Waals surface area contributed by atoms with Crippen LogP contribution in [-0.4, -0.2) is 18.6 Å². The van der Waals surface area contributed by atoms with Crippen LogP contribution >= 0.6 is 11.3 Å². The Morgan fingerprint density at radius 2 is 2.00 bits per heavy atom. The van der Waals surface area contributed by atoms with Crippen molar-refractivity contribution in [1.29, 1.82) is 0 Å². The summed E-state index contributed by atoms with van der Waals surface area (Å²) in [6.07, 6.45) is 0. The quantitative estimate of drug-likeness (QED) is 0.908. The van der Waals surface area contributed by atoms with Crippen LogP contribution in [0.1, 0.15) is 17.5 Å². The van der Waals surface area contributed by atoms with Crippen LogP contribution in [0.5, 0.6) is 0 Å². The van der Waals surface area contributed by atoms with Gasteiger partial charge >= 0.3 is 0 Å². The van der Waals surface area contributed by atoms with E-state index in [2.05, 4.69) is 22.1 Å². The fourth-order valence-corrected chi connectivity index (χ4v) is 3.06. The second kappa shape index (κ2) is 6.12. The van der Waals surface area contributed by atoms with Crippen molar-refractivity contribution in [2.75, 3.05) is 18.5 Å². The van der Waals surface area contributed by atoms with E-state index in [-0.39, 0.29) is 5.82 Å². The molecule has 0 unspecified atom stereocenters. The van der Waals surface area contributed by atoms with E-state index in [1.165, 1.54) is 17.0 Å². The molecule has 0 saturated carbocycles. The monoisotopic (exact) mass is 279 g/mol. The van der Waals surface area contributed by atoms with Crippen molar-refractivity contribution in [1.82, 2.24) is 10.3 Å². The molecule has 1 aromatic carbocycles. The second-order valence-electron chi connectivity index (χ2n) is 4.26. The van der Waals surface area contributed by atoms with Gasteiger partial charge in [-0.3, -0.25) is 0 Å². The van der Waals surface area contributed by atoms with E-state index in [1.807, 2.05) is 14.0 Å². The maximum absolute atomic E-state index is 13.0. The van der Waals surface area contributed by atoms with E-state index in [0.717, 1.165) is 29.6 Å². The van der Waals surface area contributed by atoms with Crippen LogP contribution in [0.25, 0.3) is 0 Å². The summed E-state index contributed by atoms with van der Waals surface area (Å²) < 4.78 is 13.0. The molecular formula is C14H18FN3S. The first-order valence-corrected chi connectivity index (χ1v) is 7.11. The summed E-state index contributed by atoms with van der Waals surface area (Å²) in [5.74, 6) is -0.217. The van der Waals surface area contributed by atoms with Crippen LogP contribution < -0.4 is 10.2 Å². The van der Waals surface area contributed by atoms with Gasteiger partial charge in [0.25, 0.3) is 0 Å². The number of rotatable bonds is 5. The molecule has 5 heteroatoms. The molecule has 0 saturated heterocycles. The predicted molar refractivity (Wildman–Crippen MR) is 78.7 cm³/mol. The molecule has 2 aromatic rings. The maximum Gasteiger partial charge on any atom is 0.190 e. The van der Waals surface area contributed by atoms with Gasteiger partial charge in [0, 0.05) is 23.7 Å². The van der Waals surface area contributed by atoms with Gasteiger partial charge in [0.15, 0.2) is 5.13 Å². The highest BCUT2D eigenvalue weighted by Crippen LogP contribution is 2.31. The SMILES string of the molecule is CCN(c1ccc(F)cc1)c1nc(C)c(CNC)s1. The van der Waals surface area contributed by atoms with Gasteiger partial charge in [0.2, 0.25) is 0 Å². The number of hydrogen-bond acceptors (Lipinski definition) is 4. The molecule has 0 aliphatic heterocycles. The number of nitrogens with zero attached hydrogens (tertiary/aromatic N) is 2. The average molecular weight is 279 g/mol. The van der Waals surface area contributed by atoms with Crippen molar-refractivity contribution < 1.29 is 4.39 Å². The first-order valence-electron chi connectivity index (χ1n) is 6.29. The zero-order chi connectivity index (χ0) is 13.8. The van der Waals surface area contributed by atoms with E-state index in [9.17, 15) is 4.39 Å². The van der Waals surface area contributed by atoms with E-state index in [1.54, 1.807) is 23.5 Å². The Balaban J connectivity index is 2.31. The Kier molecular flexibility index (Phi) is 4.50. The van der Waals surface area contributed by atoms with E-state index >= 15 is 0 Å². The second-order valence-corrected chi connectivity index (χ2v) is 5.32. The van der Waals surface area contributed by atoms with Crippen molar-refractivity contribution in [3.05, 3.63) is 40.7 Å². The first-order chi connectivity index (χ1) is 9.15. The molecule has 2 rings (SSSR count). The highest BCUT2D eigenvalue weighted by atomic mass is 32.1. The summed E-state index contributed by atoms with van der Waals surface area (Å²) in [5.41, 5.74) is 2.02. The Morgan fingerprint density at radius 3 is 2.58 bits per heavy atom. The molecule has 1 aromatic heterocycles. The third kappa shape index (κ3) is 3.11. The summed E-state index contributed by atoms with van der Waals surface area (Å²) in [7, 11) is 1.93. The van der Waals surface area contributed by atoms with Gasteiger partial charge in [0.1, 0.15) is 5.82 Å². The topological polar surface area (TPSA) is 28.2 Å². The highest BCUT2D eigenvalue weighted by Gasteiger charge is 2.14. The maximum atomic E-state index is 13.0. The van der Waals surface area contributed by atoms with Gasteiger partial charge in [-0.15, -0.1) is 0 Å². The van der Waals surface area contributed by atoms with Gasteiger partial charge in [-0.25, -0.2) is 9.37 Å². The Hall–Kier alpha value is -1.46. The molecule has 0 bridgehead atoms. The molecule has 3 nitrogen and oxygen atoms in total. The minimum absolute atomic E-state index is 0.217. The number of thiazole rings is 1. The zero-order valence-corrected chi connectivity index (χ0v) is 12.2. The van der Waals surface area contributed by atoms with E-state index in [4.69, 9.17) is 0 Å². The number of benzene rings is 1. The third-order valence-corrected chi connectivity index (χ3v) is 4.08. The van der Waals surface area contributed by atoms with Crippen LogP contribution in [0.4, 0.5) is 15.2 Å². The summed E-state index contributed by atoms with van der Waals surface area (Å²) in [6.45, 7) is 5.71. The lowest BCUT2D eigenvalue weighted by Gasteiger charge is -2.19. The lowest BCUT2D eigenvalue weighted by Crippen LogP contribution is -2.15. The van der Waals surface area contributed by atoms with Crippen LogP contribution in [0.3, 0.4) is 0 Å².